The number of hydrogen-bond donors (Lipinski definition) is 2. The van der Waals surface area contributed by atoms with Crippen molar-refractivity contribution < 1.29 is 18.3 Å². The Hall–Kier alpha value is -2.77. The number of rotatable bonds is 7. The highest BCUT2D eigenvalue weighted by atomic mass is 32.2. The third kappa shape index (κ3) is 4.21. The summed E-state index contributed by atoms with van der Waals surface area (Å²) in [6.45, 7) is 1.93. The van der Waals surface area contributed by atoms with Gasteiger partial charge in [0.25, 0.3) is 0 Å². The van der Waals surface area contributed by atoms with Crippen LogP contribution in [0.25, 0.3) is 22.4 Å². The van der Waals surface area contributed by atoms with Crippen molar-refractivity contribution in [3.05, 3.63) is 59.8 Å². The van der Waals surface area contributed by atoms with Crippen LogP contribution in [0.4, 0.5) is 0 Å². The predicted molar refractivity (Wildman–Crippen MR) is 108 cm³/mol. The number of nitrogens with one attached hydrogen (secondary N) is 1. The van der Waals surface area contributed by atoms with E-state index in [2.05, 4.69) is 10.2 Å². The van der Waals surface area contributed by atoms with Crippen LogP contribution in [0.5, 0.6) is 0 Å². The molecule has 6 nitrogen and oxygen atoms in total. The SMILES string of the molecule is Cc1ccc(-c2c(-c3ccc(S(C)(=O)=O)cc3)n[nH]c2C(=O)CCCO)cc1. The predicted octanol–water partition coefficient (Wildman–Crippen LogP) is 3.41. The highest BCUT2D eigenvalue weighted by Crippen LogP contribution is 2.34. The molecule has 0 spiro atoms. The Morgan fingerprint density at radius 2 is 1.64 bits per heavy atom. The van der Waals surface area contributed by atoms with E-state index in [-0.39, 0.29) is 23.7 Å². The summed E-state index contributed by atoms with van der Waals surface area (Å²) < 4.78 is 23.4. The molecule has 3 rings (SSSR count). The average molecular weight is 398 g/mol. The molecule has 0 saturated carbocycles. The lowest BCUT2D eigenvalue weighted by Gasteiger charge is -2.07. The van der Waals surface area contributed by atoms with E-state index >= 15 is 0 Å². The summed E-state index contributed by atoms with van der Waals surface area (Å²) >= 11 is 0. The van der Waals surface area contributed by atoms with Gasteiger partial charge in [-0.1, -0.05) is 42.0 Å². The summed E-state index contributed by atoms with van der Waals surface area (Å²) in [6.07, 6.45) is 1.75. The first kappa shape index (κ1) is 20.0. The molecule has 0 aliphatic carbocycles. The molecule has 2 N–H and O–H groups in total. The van der Waals surface area contributed by atoms with Crippen molar-refractivity contribution in [1.29, 1.82) is 0 Å². The van der Waals surface area contributed by atoms with E-state index < -0.39 is 9.84 Å². The highest BCUT2D eigenvalue weighted by molar-refractivity contribution is 7.90. The van der Waals surface area contributed by atoms with E-state index in [0.29, 0.717) is 28.9 Å². The van der Waals surface area contributed by atoms with Gasteiger partial charge in [-0.05, 0) is 31.0 Å². The molecule has 0 amide bonds. The topological polar surface area (TPSA) is 100 Å². The molecule has 0 bridgehead atoms. The van der Waals surface area contributed by atoms with Crippen molar-refractivity contribution in [2.75, 3.05) is 12.9 Å². The third-order valence-corrected chi connectivity index (χ3v) is 5.63. The van der Waals surface area contributed by atoms with Gasteiger partial charge in [0.2, 0.25) is 0 Å². The first-order chi connectivity index (χ1) is 13.3. The Morgan fingerprint density at radius 3 is 2.21 bits per heavy atom. The van der Waals surface area contributed by atoms with Crippen LogP contribution in [0.3, 0.4) is 0 Å². The van der Waals surface area contributed by atoms with Crippen LogP contribution in [0, 0.1) is 6.92 Å². The number of H-pyrrole nitrogens is 1. The maximum Gasteiger partial charge on any atom is 0.181 e. The van der Waals surface area contributed by atoms with E-state index in [1.807, 2.05) is 31.2 Å². The minimum Gasteiger partial charge on any atom is -0.396 e. The fourth-order valence-corrected chi connectivity index (χ4v) is 3.61. The van der Waals surface area contributed by atoms with Gasteiger partial charge in [-0.25, -0.2) is 8.42 Å². The van der Waals surface area contributed by atoms with E-state index in [9.17, 15) is 13.2 Å². The van der Waals surface area contributed by atoms with Crippen LogP contribution in [0.15, 0.2) is 53.4 Å². The summed E-state index contributed by atoms with van der Waals surface area (Å²) in [7, 11) is -3.29. The van der Waals surface area contributed by atoms with E-state index in [0.717, 1.165) is 17.4 Å². The number of aryl methyl sites for hydroxylation is 1. The number of aromatic amines is 1. The summed E-state index contributed by atoms with van der Waals surface area (Å²) in [4.78, 5) is 12.9. The number of benzene rings is 2. The Labute approximate surface area is 164 Å². The molecule has 0 saturated heterocycles. The lowest BCUT2D eigenvalue weighted by atomic mass is 9.96. The second kappa shape index (κ2) is 8.08. The van der Waals surface area contributed by atoms with Crippen LogP contribution in [0.1, 0.15) is 28.9 Å². The van der Waals surface area contributed by atoms with Gasteiger partial charge in [0.1, 0.15) is 11.4 Å². The summed E-state index contributed by atoms with van der Waals surface area (Å²) in [5, 5.41) is 16.2. The van der Waals surface area contributed by atoms with Gasteiger partial charge in [0, 0.05) is 30.4 Å². The van der Waals surface area contributed by atoms with Crippen molar-refractivity contribution in [3.8, 4) is 22.4 Å². The summed E-state index contributed by atoms with van der Waals surface area (Å²) in [6, 6.07) is 14.2. The van der Waals surface area contributed by atoms with Crippen LogP contribution in [0.2, 0.25) is 0 Å². The van der Waals surface area contributed by atoms with Crippen molar-refractivity contribution in [1.82, 2.24) is 10.2 Å². The molecular weight excluding hydrogens is 376 g/mol. The molecule has 1 aromatic heterocycles. The molecule has 0 atom stereocenters. The molecule has 0 radical (unpaired) electrons. The summed E-state index contributed by atoms with van der Waals surface area (Å²) in [5.74, 6) is -0.129. The number of aromatic nitrogens is 2. The zero-order valence-corrected chi connectivity index (χ0v) is 16.6. The van der Waals surface area contributed by atoms with Crippen LogP contribution < -0.4 is 0 Å². The molecule has 7 heteroatoms. The largest absolute Gasteiger partial charge is 0.396 e. The molecule has 1 heterocycles. The number of aliphatic hydroxyl groups is 1. The molecular formula is C21H22N2O4S. The van der Waals surface area contributed by atoms with Crippen molar-refractivity contribution in [3.63, 3.8) is 0 Å². The number of nitrogens with zero attached hydrogens (tertiary/aromatic N) is 1. The van der Waals surface area contributed by atoms with Gasteiger partial charge in [-0.15, -0.1) is 0 Å². The minimum absolute atomic E-state index is 0.0560. The number of carbonyl (C=O) groups excluding carboxylic acids is 1. The minimum atomic E-state index is -3.29. The van der Waals surface area contributed by atoms with Crippen molar-refractivity contribution in [2.24, 2.45) is 0 Å². The number of ketones is 1. The highest BCUT2D eigenvalue weighted by Gasteiger charge is 2.21. The second-order valence-electron chi connectivity index (χ2n) is 6.74. The Balaban J connectivity index is 2.12. The van der Waals surface area contributed by atoms with Crippen molar-refractivity contribution >= 4 is 15.6 Å². The Morgan fingerprint density at radius 1 is 1.04 bits per heavy atom. The molecule has 0 unspecified atom stereocenters. The molecule has 2 aromatic carbocycles. The number of aliphatic hydroxyl groups excluding tert-OH is 1. The van der Waals surface area contributed by atoms with E-state index in [1.165, 1.54) is 12.1 Å². The second-order valence-corrected chi connectivity index (χ2v) is 8.75. The van der Waals surface area contributed by atoms with Gasteiger partial charge in [0.05, 0.1) is 4.90 Å². The monoisotopic (exact) mass is 398 g/mol. The third-order valence-electron chi connectivity index (χ3n) is 4.50. The number of carbonyl (C=O) groups is 1. The number of sulfone groups is 1. The smallest absolute Gasteiger partial charge is 0.181 e. The molecule has 146 valence electrons. The maximum absolute atomic E-state index is 12.6. The normalized spacial score (nSPS) is 11.5. The number of Topliss-reactive ketones (excluding diaryl/α,β-unsaturated/α-hetero) is 1. The van der Waals surface area contributed by atoms with Crippen molar-refractivity contribution in [2.45, 2.75) is 24.7 Å². The molecule has 0 aliphatic heterocycles. The van der Waals surface area contributed by atoms with Crippen LogP contribution in [-0.2, 0) is 9.84 Å². The van der Waals surface area contributed by atoms with Gasteiger partial charge in [0.15, 0.2) is 15.6 Å². The average Bonchev–Trinajstić information content (AvgIpc) is 3.11. The Bertz CT molecular complexity index is 1080. The quantitative estimate of drug-likeness (QED) is 0.594. The van der Waals surface area contributed by atoms with Crippen LogP contribution >= 0.6 is 0 Å². The van der Waals surface area contributed by atoms with Gasteiger partial charge >= 0.3 is 0 Å². The number of hydrogen-bond acceptors (Lipinski definition) is 5. The molecule has 28 heavy (non-hydrogen) atoms. The van der Waals surface area contributed by atoms with Crippen LogP contribution in [-0.4, -0.2) is 42.4 Å². The van der Waals surface area contributed by atoms with E-state index in [1.54, 1.807) is 12.1 Å². The lowest BCUT2D eigenvalue weighted by molar-refractivity contribution is 0.0967. The lowest BCUT2D eigenvalue weighted by Crippen LogP contribution is -2.03. The fourth-order valence-electron chi connectivity index (χ4n) is 2.98. The van der Waals surface area contributed by atoms with Gasteiger partial charge < -0.3 is 5.11 Å². The van der Waals surface area contributed by atoms with E-state index in [4.69, 9.17) is 5.11 Å². The first-order valence-corrected chi connectivity index (χ1v) is 10.8. The Kier molecular flexibility index (Phi) is 5.76. The van der Waals surface area contributed by atoms with Gasteiger partial charge in [-0.3, -0.25) is 9.89 Å². The fraction of sp³-hybridized carbons (Fsp3) is 0.238. The molecule has 0 aliphatic rings. The first-order valence-electron chi connectivity index (χ1n) is 8.91. The molecule has 0 fully saturated rings. The zero-order valence-electron chi connectivity index (χ0n) is 15.8. The summed E-state index contributed by atoms with van der Waals surface area (Å²) in [5.41, 5.74) is 4.29. The van der Waals surface area contributed by atoms with Gasteiger partial charge in [-0.2, -0.15) is 5.10 Å². The standard InChI is InChI=1S/C21H22N2O4S/c1-14-5-7-15(8-6-14)19-20(22-23-21(19)18(25)4-3-13-24)16-9-11-17(12-10-16)28(2,26)27/h5-12,24H,3-4,13H2,1-2H3,(H,22,23). The zero-order chi connectivity index (χ0) is 20.3. The maximum atomic E-state index is 12.6. The molecule has 3 aromatic rings.